The molecule has 0 saturated heterocycles. The average molecular weight is 404 g/mol. The van der Waals surface area contributed by atoms with Crippen molar-refractivity contribution in [2.24, 2.45) is 0 Å². The predicted octanol–water partition coefficient (Wildman–Crippen LogP) is 3.61. The molecule has 0 heterocycles. The van der Waals surface area contributed by atoms with Gasteiger partial charge in [-0.3, -0.25) is 0 Å². The van der Waals surface area contributed by atoms with E-state index in [4.69, 9.17) is 9.47 Å². The molecule has 94 valence electrons. The number of ether oxygens (including phenoxy) is 2. The van der Waals surface area contributed by atoms with Gasteiger partial charge >= 0.3 is 0 Å². The first kappa shape index (κ1) is 19.2. The number of rotatable bonds is 4. The van der Waals surface area contributed by atoms with E-state index in [2.05, 4.69) is 14.2 Å². The van der Waals surface area contributed by atoms with Crippen molar-refractivity contribution in [3.8, 4) is 11.5 Å². The van der Waals surface area contributed by atoms with Crippen molar-refractivity contribution in [3.05, 3.63) is 73.9 Å². The fourth-order valence-corrected chi connectivity index (χ4v) is 1.64. The Labute approximate surface area is 165 Å². The summed E-state index contributed by atoms with van der Waals surface area (Å²) in [5.74, 6) is 1.55. The van der Waals surface area contributed by atoms with Crippen LogP contribution in [0, 0.1) is 14.2 Å². The second-order valence-corrected chi connectivity index (χ2v) is 3.75. The standard InChI is InChI=1S/C15H14O2.2Y/c1-16-14-7-3-12(4-8-14)11-13-5-9-15(17-2)10-6-13;;/h3-10H,1-2,11H2;;/q-2;;. The molecule has 0 saturated carbocycles. The maximum Gasteiger partial charge on any atom is 0.0843 e. The van der Waals surface area contributed by atoms with E-state index in [1.165, 1.54) is 11.1 Å². The van der Waals surface area contributed by atoms with E-state index >= 15 is 0 Å². The van der Waals surface area contributed by atoms with E-state index in [9.17, 15) is 0 Å². The Bertz CT molecular complexity index is 421. The van der Waals surface area contributed by atoms with Gasteiger partial charge in [-0.25, -0.2) is 0 Å². The van der Waals surface area contributed by atoms with Crippen LogP contribution in [0.4, 0.5) is 0 Å². The molecule has 2 nitrogen and oxygen atoms in total. The Morgan fingerprint density at radius 1 is 0.632 bits per heavy atom. The summed E-state index contributed by atoms with van der Waals surface area (Å²) >= 11 is 0. The van der Waals surface area contributed by atoms with Gasteiger partial charge in [-0.2, -0.15) is 14.2 Å². The molecule has 0 spiro atoms. The first-order chi connectivity index (χ1) is 8.31. The van der Waals surface area contributed by atoms with E-state index < -0.39 is 0 Å². The molecule has 19 heavy (non-hydrogen) atoms. The van der Waals surface area contributed by atoms with Gasteiger partial charge in [0.25, 0.3) is 0 Å². The van der Waals surface area contributed by atoms with Crippen LogP contribution in [-0.4, -0.2) is 0 Å². The average Bonchev–Trinajstić information content (AvgIpc) is 2.40. The maximum atomic E-state index is 4.88. The maximum absolute atomic E-state index is 4.88. The molecule has 2 rings (SSSR count). The summed E-state index contributed by atoms with van der Waals surface area (Å²) in [5.41, 5.74) is 2.46. The van der Waals surface area contributed by atoms with Crippen molar-refractivity contribution >= 4 is 0 Å². The van der Waals surface area contributed by atoms with Gasteiger partial charge in [-0.1, -0.05) is 24.3 Å². The van der Waals surface area contributed by atoms with Crippen LogP contribution in [0.1, 0.15) is 11.1 Å². The third kappa shape index (κ3) is 6.04. The first-order valence-corrected chi connectivity index (χ1v) is 5.34. The van der Waals surface area contributed by atoms with Gasteiger partial charge in [0.15, 0.2) is 0 Å². The molecule has 0 N–H and O–H groups in total. The van der Waals surface area contributed by atoms with Gasteiger partial charge in [-0.05, 0) is 41.8 Å². The summed E-state index contributed by atoms with van der Waals surface area (Å²) in [4.78, 5) is 0. The first-order valence-electron chi connectivity index (χ1n) is 5.34. The summed E-state index contributed by atoms with van der Waals surface area (Å²) < 4.78 is 9.75. The quantitative estimate of drug-likeness (QED) is 0.726. The number of benzene rings is 2. The molecule has 0 unspecified atom stereocenters. The molecule has 0 aliphatic carbocycles. The molecule has 0 aromatic heterocycles. The Hall–Kier alpha value is 0.248. The van der Waals surface area contributed by atoms with Gasteiger partial charge in [0.05, 0.1) is 11.5 Å². The minimum absolute atomic E-state index is 0. The van der Waals surface area contributed by atoms with Gasteiger partial charge in [-0.15, -0.1) is 0 Å². The topological polar surface area (TPSA) is 18.5 Å². The Morgan fingerprint density at radius 3 is 1.21 bits per heavy atom. The zero-order valence-corrected chi connectivity index (χ0v) is 16.4. The van der Waals surface area contributed by atoms with Crippen molar-refractivity contribution in [2.75, 3.05) is 0 Å². The van der Waals surface area contributed by atoms with Crippen LogP contribution in [0.2, 0.25) is 0 Å². The van der Waals surface area contributed by atoms with E-state index in [0.717, 1.165) is 17.9 Å². The molecular formula is C15H14O2Y2-2. The van der Waals surface area contributed by atoms with Crippen LogP contribution in [0.5, 0.6) is 11.5 Å². The second-order valence-electron chi connectivity index (χ2n) is 3.75. The van der Waals surface area contributed by atoms with Crippen LogP contribution in [0.3, 0.4) is 0 Å². The third-order valence-electron chi connectivity index (χ3n) is 2.59. The van der Waals surface area contributed by atoms with E-state index in [-0.39, 0.29) is 65.4 Å². The smallest absolute Gasteiger partial charge is 0.0843 e. The Kier molecular flexibility index (Phi) is 10.2. The molecular weight excluding hydrogens is 390 g/mol. The fourth-order valence-electron chi connectivity index (χ4n) is 1.64. The van der Waals surface area contributed by atoms with Crippen LogP contribution in [0.15, 0.2) is 48.5 Å². The van der Waals surface area contributed by atoms with E-state index in [0.29, 0.717) is 0 Å². The van der Waals surface area contributed by atoms with Crippen LogP contribution in [-0.2, 0) is 71.8 Å². The molecule has 2 aromatic rings. The summed E-state index contributed by atoms with van der Waals surface area (Å²) in [6.07, 6.45) is 0.884. The Morgan fingerprint density at radius 2 is 0.947 bits per heavy atom. The zero-order chi connectivity index (χ0) is 12.1. The molecule has 2 aromatic carbocycles. The zero-order valence-electron chi connectivity index (χ0n) is 10.7. The molecule has 4 heteroatoms. The largest absolute Gasteiger partial charge is 0.665 e. The monoisotopic (exact) mass is 404 g/mol. The van der Waals surface area contributed by atoms with Gasteiger partial charge in [0, 0.05) is 65.4 Å². The van der Waals surface area contributed by atoms with Crippen molar-refractivity contribution in [3.63, 3.8) is 0 Å². The van der Waals surface area contributed by atoms with Crippen molar-refractivity contribution < 1.29 is 74.9 Å². The van der Waals surface area contributed by atoms with Crippen molar-refractivity contribution in [2.45, 2.75) is 6.42 Å². The van der Waals surface area contributed by atoms with E-state index in [1.54, 1.807) is 0 Å². The molecule has 0 bridgehead atoms. The van der Waals surface area contributed by atoms with Crippen molar-refractivity contribution in [1.82, 2.24) is 0 Å². The van der Waals surface area contributed by atoms with Crippen molar-refractivity contribution in [1.29, 1.82) is 0 Å². The normalized spacial score (nSPS) is 8.95. The Balaban J connectivity index is 0.00000162. The summed E-state index contributed by atoms with van der Waals surface area (Å²) in [5, 5.41) is 0. The molecule has 0 amide bonds. The molecule has 0 aliphatic heterocycles. The van der Waals surface area contributed by atoms with Crippen LogP contribution >= 0.6 is 0 Å². The number of hydrogen-bond acceptors (Lipinski definition) is 2. The molecule has 0 aliphatic rings. The molecule has 0 atom stereocenters. The third-order valence-corrected chi connectivity index (χ3v) is 2.59. The minimum Gasteiger partial charge on any atom is -0.665 e. The second kappa shape index (κ2) is 10.0. The number of hydrogen-bond donors (Lipinski definition) is 0. The summed E-state index contributed by atoms with van der Waals surface area (Å²) in [7, 11) is 6.74. The fraction of sp³-hybridized carbons (Fsp3) is 0.0667. The minimum atomic E-state index is 0. The van der Waals surface area contributed by atoms with Crippen LogP contribution in [0.25, 0.3) is 0 Å². The molecule has 0 fully saturated rings. The van der Waals surface area contributed by atoms with Gasteiger partial charge < -0.3 is 9.47 Å². The predicted molar refractivity (Wildman–Crippen MR) is 67.7 cm³/mol. The summed E-state index contributed by atoms with van der Waals surface area (Å²) in [6, 6.07) is 15.8. The SMILES string of the molecule is [CH2-]Oc1ccc(Cc2ccc(O[CH2-])cc2)cc1.[Y].[Y]. The van der Waals surface area contributed by atoms with Gasteiger partial charge in [0.1, 0.15) is 0 Å². The molecule has 2 radical (unpaired) electrons. The van der Waals surface area contributed by atoms with Crippen LogP contribution < -0.4 is 9.47 Å². The summed E-state index contributed by atoms with van der Waals surface area (Å²) in [6.45, 7) is 0. The van der Waals surface area contributed by atoms with E-state index in [1.807, 2.05) is 48.5 Å². The van der Waals surface area contributed by atoms with Gasteiger partial charge in [0.2, 0.25) is 0 Å².